The fourth-order valence-electron chi connectivity index (χ4n) is 3.18. The number of nitrogens with one attached hydrogen (secondary N) is 1. The van der Waals surface area contributed by atoms with Crippen LogP contribution in [-0.4, -0.2) is 23.2 Å². The molecular weight excluding hydrogens is 445 g/mol. The van der Waals surface area contributed by atoms with Crippen molar-refractivity contribution >= 4 is 23.5 Å². The summed E-state index contributed by atoms with van der Waals surface area (Å²) in [5.74, 6) is -0.581. The smallest absolute Gasteiger partial charge is 0.417 e. The summed E-state index contributed by atoms with van der Waals surface area (Å²) in [6.45, 7) is -0.562. The number of halogens is 3. The van der Waals surface area contributed by atoms with Crippen molar-refractivity contribution in [1.82, 2.24) is 0 Å². The average Bonchev–Trinajstić information content (AvgIpc) is 2.78. The number of methoxy groups -OCH3 is 1. The third-order valence-corrected chi connectivity index (χ3v) is 5.28. The molecule has 0 radical (unpaired) electrons. The normalized spacial score (nSPS) is 11.3. The number of phenolic OH excluding ortho intramolecular Hbond substituents is 1. The van der Waals surface area contributed by atoms with E-state index >= 15 is 0 Å². The lowest BCUT2D eigenvalue weighted by Crippen LogP contribution is -2.13. The van der Waals surface area contributed by atoms with Crippen molar-refractivity contribution < 1.29 is 32.9 Å². The van der Waals surface area contributed by atoms with Crippen LogP contribution >= 0.6 is 11.9 Å². The fourth-order valence-corrected chi connectivity index (χ4v) is 3.58. The van der Waals surface area contributed by atoms with Gasteiger partial charge < -0.3 is 20.3 Å². The van der Waals surface area contributed by atoms with Crippen molar-refractivity contribution in [2.75, 3.05) is 12.4 Å². The first-order valence-corrected chi connectivity index (χ1v) is 10.1. The molecule has 3 rings (SSSR count). The summed E-state index contributed by atoms with van der Waals surface area (Å²) >= 11 is 0.972. The number of carbonyl (C=O) groups is 1. The largest absolute Gasteiger partial charge is 0.508 e. The van der Waals surface area contributed by atoms with Crippen LogP contribution in [0.5, 0.6) is 11.5 Å². The van der Waals surface area contributed by atoms with E-state index in [9.17, 15) is 28.2 Å². The van der Waals surface area contributed by atoms with Crippen molar-refractivity contribution in [3.8, 4) is 22.6 Å². The number of ether oxygens (including phenoxy) is 1. The SMILES string of the molecule is COc1cc(C(=O)Nc2ccc(-c3ccc(O)cc3C(F)(F)F)c(CO)c2)ccc1SN. The van der Waals surface area contributed by atoms with E-state index in [0.717, 1.165) is 24.1 Å². The predicted octanol–water partition coefficient (Wildman–Crippen LogP) is 4.80. The van der Waals surface area contributed by atoms with Gasteiger partial charge in [0.1, 0.15) is 11.5 Å². The topological polar surface area (TPSA) is 105 Å². The highest BCUT2D eigenvalue weighted by molar-refractivity contribution is 7.97. The minimum Gasteiger partial charge on any atom is -0.508 e. The van der Waals surface area contributed by atoms with Gasteiger partial charge in [-0.15, -0.1) is 0 Å². The van der Waals surface area contributed by atoms with Crippen LogP contribution in [0.25, 0.3) is 11.1 Å². The number of aromatic hydroxyl groups is 1. The summed E-state index contributed by atoms with van der Waals surface area (Å²) in [4.78, 5) is 13.3. The van der Waals surface area contributed by atoms with Gasteiger partial charge >= 0.3 is 6.18 Å². The Morgan fingerprint density at radius 2 is 1.81 bits per heavy atom. The van der Waals surface area contributed by atoms with Gasteiger partial charge in [-0.2, -0.15) is 13.2 Å². The molecule has 32 heavy (non-hydrogen) atoms. The molecule has 0 aliphatic heterocycles. The zero-order chi connectivity index (χ0) is 23.5. The zero-order valence-corrected chi connectivity index (χ0v) is 17.6. The summed E-state index contributed by atoms with van der Waals surface area (Å²) in [7, 11) is 1.45. The second kappa shape index (κ2) is 9.51. The molecule has 1 amide bonds. The number of carbonyl (C=O) groups excluding carboxylic acids is 1. The van der Waals surface area contributed by atoms with Gasteiger partial charge in [0.25, 0.3) is 5.91 Å². The zero-order valence-electron chi connectivity index (χ0n) is 16.7. The number of amides is 1. The van der Waals surface area contributed by atoms with Crippen molar-refractivity contribution in [3.63, 3.8) is 0 Å². The molecule has 0 heterocycles. The van der Waals surface area contributed by atoms with E-state index in [1.165, 1.54) is 31.4 Å². The monoisotopic (exact) mass is 464 g/mol. The maximum absolute atomic E-state index is 13.5. The molecule has 0 aliphatic carbocycles. The summed E-state index contributed by atoms with van der Waals surface area (Å²) in [5.41, 5.74) is -0.361. The second-order valence-corrected chi connectivity index (χ2v) is 7.37. The highest BCUT2D eigenvalue weighted by Gasteiger charge is 2.34. The molecule has 0 atom stereocenters. The fraction of sp³-hybridized carbons (Fsp3) is 0.136. The Morgan fingerprint density at radius 1 is 1.09 bits per heavy atom. The molecule has 6 nitrogen and oxygen atoms in total. The predicted molar refractivity (Wildman–Crippen MR) is 115 cm³/mol. The number of hydrogen-bond acceptors (Lipinski definition) is 6. The Hall–Kier alpha value is -3.21. The standard InChI is InChI=1S/C22H19F3N2O4S/c1-31-19-9-12(2-7-20(19)32-26)21(30)27-14-3-5-16(13(8-14)11-28)17-6-4-15(29)10-18(17)22(23,24)25/h2-10,28-29H,11,26H2,1H3,(H,27,30). The number of hydrogen-bond donors (Lipinski definition) is 4. The summed E-state index contributed by atoms with van der Waals surface area (Å²) in [6.07, 6.45) is -4.71. The third kappa shape index (κ3) is 4.98. The van der Waals surface area contributed by atoms with Gasteiger partial charge in [0.2, 0.25) is 0 Å². The first-order chi connectivity index (χ1) is 15.2. The van der Waals surface area contributed by atoms with Gasteiger partial charge in [0.15, 0.2) is 0 Å². The highest BCUT2D eigenvalue weighted by atomic mass is 32.2. The van der Waals surface area contributed by atoms with Crippen LogP contribution in [0.1, 0.15) is 21.5 Å². The first kappa shape index (κ1) is 23.5. The molecule has 0 saturated carbocycles. The Labute approximate surface area is 186 Å². The number of phenols is 1. The van der Waals surface area contributed by atoms with Gasteiger partial charge in [0, 0.05) is 11.3 Å². The molecule has 0 aromatic heterocycles. The minimum absolute atomic E-state index is 0.129. The summed E-state index contributed by atoms with van der Waals surface area (Å²) in [6, 6.07) is 11.8. The van der Waals surface area contributed by atoms with Crippen LogP contribution in [0.4, 0.5) is 18.9 Å². The Bertz CT molecular complexity index is 1150. The van der Waals surface area contributed by atoms with Gasteiger partial charge in [-0.3, -0.25) is 9.93 Å². The van der Waals surface area contributed by atoms with Crippen LogP contribution in [0.2, 0.25) is 0 Å². The quantitative estimate of drug-likeness (QED) is 0.391. The molecule has 5 N–H and O–H groups in total. The van der Waals surface area contributed by atoms with Gasteiger partial charge in [-0.1, -0.05) is 12.1 Å². The maximum Gasteiger partial charge on any atom is 0.417 e. The van der Waals surface area contributed by atoms with Crippen LogP contribution in [0.15, 0.2) is 59.5 Å². The summed E-state index contributed by atoms with van der Waals surface area (Å²) in [5, 5.41) is 27.4. The molecule has 168 valence electrons. The van der Waals surface area contributed by atoms with Crippen LogP contribution in [-0.2, 0) is 12.8 Å². The number of nitrogens with two attached hydrogens (primary N) is 1. The lowest BCUT2D eigenvalue weighted by molar-refractivity contribution is -0.137. The number of aliphatic hydroxyl groups is 1. The van der Waals surface area contributed by atoms with Crippen molar-refractivity contribution in [2.24, 2.45) is 5.14 Å². The van der Waals surface area contributed by atoms with Crippen molar-refractivity contribution in [3.05, 3.63) is 71.3 Å². The lowest BCUT2D eigenvalue weighted by Gasteiger charge is -2.17. The van der Waals surface area contributed by atoms with Crippen LogP contribution in [0, 0.1) is 0 Å². The molecule has 0 fully saturated rings. The molecule has 10 heteroatoms. The van der Waals surface area contributed by atoms with E-state index in [-0.39, 0.29) is 27.9 Å². The van der Waals surface area contributed by atoms with Crippen LogP contribution < -0.4 is 15.2 Å². The number of benzene rings is 3. The molecule has 0 bridgehead atoms. The maximum atomic E-state index is 13.5. The van der Waals surface area contributed by atoms with E-state index in [1.807, 2.05) is 0 Å². The van der Waals surface area contributed by atoms with Crippen molar-refractivity contribution in [1.29, 1.82) is 0 Å². The molecule has 0 spiro atoms. The first-order valence-electron chi connectivity index (χ1n) is 9.18. The molecule has 0 aliphatic rings. The van der Waals surface area contributed by atoms with Gasteiger partial charge in [-0.25, -0.2) is 0 Å². The Balaban J connectivity index is 1.94. The molecular formula is C22H19F3N2O4S. The molecule has 3 aromatic rings. The molecule has 0 unspecified atom stereocenters. The Kier molecular flexibility index (Phi) is 6.97. The number of anilines is 1. The minimum atomic E-state index is -4.71. The number of alkyl halides is 3. The van der Waals surface area contributed by atoms with Gasteiger partial charge in [-0.05, 0) is 71.1 Å². The van der Waals surface area contributed by atoms with Crippen molar-refractivity contribution in [2.45, 2.75) is 17.7 Å². The molecule has 3 aromatic carbocycles. The lowest BCUT2D eigenvalue weighted by atomic mass is 9.94. The number of rotatable bonds is 6. The third-order valence-electron chi connectivity index (χ3n) is 4.68. The van der Waals surface area contributed by atoms with E-state index in [4.69, 9.17) is 9.88 Å². The number of aliphatic hydroxyl groups excluding tert-OH is 1. The highest BCUT2D eigenvalue weighted by Crippen LogP contribution is 2.40. The van der Waals surface area contributed by atoms with Gasteiger partial charge in [0.05, 0.1) is 24.2 Å². The average molecular weight is 464 g/mol. The summed E-state index contributed by atoms with van der Waals surface area (Å²) < 4.78 is 45.6. The Morgan fingerprint density at radius 3 is 2.44 bits per heavy atom. The molecule has 0 saturated heterocycles. The van der Waals surface area contributed by atoms with E-state index in [0.29, 0.717) is 16.7 Å². The van der Waals surface area contributed by atoms with E-state index < -0.39 is 30.0 Å². The van der Waals surface area contributed by atoms with E-state index in [2.05, 4.69) is 5.32 Å². The van der Waals surface area contributed by atoms with E-state index in [1.54, 1.807) is 12.1 Å². The van der Waals surface area contributed by atoms with Crippen LogP contribution in [0.3, 0.4) is 0 Å². The second-order valence-electron chi connectivity index (χ2n) is 6.70.